The van der Waals surface area contributed by atoms with Gasteiger partial charge in [-0.2, -0.15) is 0 Å². The molecular formula is C16H15NO5. The normalized spacial score (nSPS) is 10.0. The van der Waals surface area contributed by atoms with Gasteiger partial charge >= 0.3 is 5.97 Å². The Morgan fingerprint density at radius 3 is 2.50 bits per heavy atom. The molecule has 0 saturated carbocycles. The number of carbonyl (C=O) groups excluding carboxylic acids is 3. The highest BCUT2D eigenvalue weighted by Crippen LogP contribution is 2.04. The van der Waals surface area contributed by atoms with Crippen LogP contribution in [0, 0.1) is 6.92 Å². The number of aryl methyl sites for hydroxylation is 1. The molecule has 1 heterocycles. The Balaban J connectivity index is 1.74. The number of esters is 1. The summed E-state index contributed by atoms with van der Waals surface area (Å²) in [4.78, 5) is 34.8. The molecule has 22 heavy (non-hydrogen) atoms. The molecule has 1 amide bonds. The fourth-order valence-corrected chi connectivity index (χ4v) is 1.67. The Bertz CT molecular complexity index is 658. The zero-order chi connectivity index (χ0) is 15.9. The number of carbonyl (C=O) groups is 3. The number of rotatable bonds is 6. The molecule has 6 heteroatoms. The van der Waals surface area contributed by atoms with Crippen molar-refractivity contribution in [3.8, 4) is 0 Å². The largest absolute Gasteiger partial charge is 0.459 e. The zero-order valence-corrected chi connectivity index (χ0v) is 12.0. The van der Waals surface area contributed by atoms with E-state index in [0.29, 0.717) is 5.56 Å². The summed E-state index contributed by atoms with van der Waals surface area (Å²) in [7, 11) is 0. The van der Waals surface area contributed by atoms with Gasteiger partial charge in [0.25, 0.3) is 5.91 Å². The Labute approximate surface area is 127 Å². The molecule has 0 atom stereocenters. The van der Waals surface area contributed by atoms with Gasteiger partial charge in [-0.3, -0.25) is 14.4 Å². The third-order valence-electron chi connectivity index (χ3n) is 2.88. The Morgan fingerprint density at radius 1 is 1.14 bits per heavy atom. The maximum atomic E-state index is 11.8. The first-order valence-corrected chi connectivity index (χ1v) is 6.63. The molecule has 0 radical (unpaired) electrons. The van der Waals surface area contributed by atoms with Gasteiger partial charge in [0.1, 0.15) is 6.54 Å². The summed E-state index contributed by atoms with van der Waals surface area (Å²) in [6.45, 7) is 1.22. The third-order valence-corrected chi connectivity index (χ3v) is 2.88. The van der Waals surface area contributed by atoms with Crippen LogP contribution < -0.4 is 5.32 Å². The molecule has 1 aromatic carbocycles. The van der Waals surface area contributed by atoms with Crippen molar-refractivity contribution in [2.75, 3.05) is 13.2 Å². The van der Waals surface area contributed by atoms with E-state index >= 15 is 0 Å². The molecule has 6 nitrogen and oxygen atoms in total. The smallest absolute Gasteiger partial charge is 0.325 e. The van der Waals surface area contributed by atoms with E-state index < -0.39 is 11.9 Å². The molecule has 2 aromatic rings. The molecule has 114 valence electrons. The van der Waals surface area contributed by atoms with Gasteiger partial charge in [-0.1, -0.05) is 29.8 Å². The summed E-state index contributed by atoms with van der Waals surface area (Å²) < 4.78 is 9.70. The lowest BCUT2D eigenvalue weighted by molar-refractivity contribution is -0.141. The van der Waals surface area contributed by atoms with Crippen LogP contribution in [0.2, 0.25) is 0 Å². The lowest BCUT2D eigenvalue weighted by atomic mass is 10.1. The lowest BCUT2D eigenvalue weighted by Gasteiger charge is -2.05. The van der Waals surface area contributed by atoms with E-state index in [1.54, 1.807) is 30.3 Å². The maximum Gasteiger partial charge on any atom is 0.325 e. The Morgan fingerprint density at radius 2 is 1.86 bits per heavy atom. The lowest BCUT2D eigenvalue weighted by Crippen LogP contribution is -2.31. The van der Waals surface area contributed by atoms with Gasteiger partial charge in [0.05, 0.1) is 6.26 Å². The number of benzene rings is 1. The molecule has 0 fully saturated rings. The highest BCUT2D eigenvalue weighted by Gasteiger charge is 2.13. The number of ether oxygens (including phenoxy) is 1. The van der Waals surface area contributed by atoms with Gasteiger partial charge in [0.15, 0.2) is 18.2 Å². The minimum Gasteiger partial charge on any atom is -0.459 e. The predicted octanol–water partition coefficient (Wildman–Crippen LogP) is 1.74. The van der Waals surface area contributed by atoms with Crippen LogP contribution in [0.4, 0.5) is 0 Å². The number of furan rings is 1. The van der Waals surface area contributed by atoms with Gasteiger partial charge in [0.2, 0.25) is 0 Å². The highest BCUT2D eigenvalue weighted by molar-refractivity contribution is 5.98. The summed E-state index contributed by atoms with van der Waals surface area (Å²) >= 11 is 0. The first-order chi connectivity index (χ1) is 10.6. The van der Waals surface area contributed by atoms with Crippen molar-refractivity contribution in [2.45, 2.75) is 6.92 Å². The van der Waals surface area contributed by atoms with Gasteiger partial charge in [0, 0.05) is 5.56 Å². The number of ketones is 1. The van der Waals surface area contributed by atoms with Crippen LogP contribution >= 0.6 is 0 Å². The predicted molar refractivity (Wildman–Crippen MR) is 77.5 cm³/mol. The molecule has 0 aliphatic carbocycles. The molecule has 0 saturated heterocycles. The second-order valence-electron chi connectivity index (χ2n) is 4.61. The van der Waals surface area contributed by atoms with E-state index in [1.165, 1.54) is 12.3 Å². The second kappa shape index (κ2) is 7.21. The number of amides is 1. The molecule has 2 rings (SSSR count). The van der Waals surface area contributed by atoms with Crippen LogP contribution in [0.3, 0.4) is 0 Å². The summed E-state index contributed by atoms with van der Waals surface area (Å²) in [6.07, 6.45) is 1.35. The van der Waals surface area contributed by atoms with Crippen LogP contribution in [0.1, 0.15) is 26.5 Å². The molecule has 0 aliphatic heterocycles. The van der Waals surface area contributed by atoms with Crippen molar-refractivity contribution >= 4 is 17.7 Å². The first kappa shape index (κ1) is 15.5. The highest BCUT2D eigenvalue weighted by atomic mass is 16.5. The minimum atomic E-state index is -0.694. The molecular weight excluding hydrogens is 286 g/mol. The Hall–Kier alpha value is -2.89. The molecule has 0 spiro atoms. The zero-order valence-electron chi connectivity index (χ0n) is 12.0. The topological polar surface area (TPSA) is 85.6 Å². The average molecular weight is 301 g/mol. The third kappa shape index (κ3) is 4.31. The van der Waals surface area contributed by atoms with Gasteiger partial charge in [-0.25, -0.2) is 0 Å². The Kier molecular flexibility index (Phi) is 5.08. The van der Waals surface area contributed by atoms with E-state index in [-0.39, 0.29) is 24.7 Å². The first-order valence-electron chi connectivity index (χ1n) is 6.63. The standard InChI is InChI=1S/C16H15NO5/c1-11-4-6-12(7-5-11)13(18)10-22-15(19)9-17-16(20)14-3-2-8-21-14/h2-8H,9-10H2,1H3,(H,17,20). The fourth-order valence-electron chi connectivity index (χ4n) is 1.67. The monoisotopic (exact) mass is 301 g/mol. The number of nitrogens with one attached hydrogen (secondary N) is 1. The van der Waals surface area contributed by atoms with E-state index in [0.717, 1.165) is 5.56 Å². The van der Waals surface area contributed by atoms with Crippen LogP contribution in [0.15, 0.2) is 47.1 Å². The summed E-state index contributed by atoms with van der Waals surface area (Å²) in [5, 5.41) is 2.34. The van der Waals surface area contributed by atoms with Crippen LogP contribution in [-0.4, -0.2) is 30.8 Å². The SMILES string of the molecule is Cc1ccc(C(=O)COC(=O)CNC(=O)c2ccco2)cc1. The van der Waals surface area contributed by atoms with Crippen molar-refractivity contribution in [1.29, 1.82) is 0 Å². The van der Waals surface area contributed by atoms with Crippen LogP contribution in [0.25, 0.3) is 0 Å². The van der Waals surface area contributed by atoms with Crippen molar-refractivity contribution in [3.05, 3.63) is 59.5 Å². The average Bonchev–Trinajstić information content (AvgIpc) is 3.05. The van der Waals surface area contributed by atoms with Crippen molar-refractivity contribution in [2.24, 2.45) is 0 Å². The van der Waals surface area contributed by atoms with Gasteiger partial charge in [-0.05, 0) is 19.1 Å². The van der Waals surface area contributed by atoms with Crippen LogP contribution in [-0.2, 0) is 9.53 Å². The quantitative estimate of drug-likeness (QED) is 0.649. The van der Waals surface area contributed by atoms with Gasteiger partial charge < -0.3 is 14.5 Å². The van der Waals surface area contributed by atoms with Crippen molar-refractivity contribution in [1.82, 2.24) is 5.32 Å². The van der Waals surface area contributed by atoms with Crippen molar-refractivity contribution < 1.29 is 23.5 Å². The summed E-state index contributed by atoms with van der Waals surface area (Å²) in [5.74, 6) is -1.42. The second-order valence-corrected chi connectivity index (χ2v) is 4.61. The molecule has 0 unspecified atom stereocenters. The number of Topliss-reactive ketones (excluding diaryl/α,β-unsaturated/α-hetero) is 1. The van der Waals surface area contributed by atoms with Crippen molar-refractivity contribution in [3.63, 3.8) is 0 Å². The van der Waals surface area contributed by atoms with E-state index in [9.17, 15) is 14.4 Å². The number of hydrogen-bond donors (Lipinski definition) is 1. The molecule has 0 bridgehead atoms. The molecule has 0 aliphatic rings. The molecule has 1 aromatic heterocycles. The minimum absolute atomic E-state index is 0.100. The van der Waals surface area contributed by atoms with E-state index in [4.69, 9.17) is 9.15 Å². The van der Waals surface area contributed by atoms with E-state index in [2.05, 4.69) is 5.32 Å². The summed E-state index contributed by atoms with van der Waals surface area (Å²) in [6, 6.07) is 9.99. The van der Waals surface area contributed by atoms with E-state index in [1.807, 2.05) is 6.92 Å². The maximum absolute atomic E-state index is 11.8. The van der Waals surface area contributed by atoms with Crippen LogP contribution in [0.5, 0.6) is 0 Å². The molecule has 1 N–H and O–H groups in total. The fraction of sp³-hybridized carbons (Fsp3) is 0.188. The van der Waals surface area contributed by atoms with Gasteiger partial charge in [-0.15, -0.1) is 0 Å². The summed E-state index contributed by atoms with van der Waals surface area (Å²) in [5.41, 5.74) is 1.51. The number of hydrogen-bond acceptors (Lipinski definition) is 5.